The fourth-order valence-electron chi connectivity index (χ4n) is 7.94. The number of ether oxygens (including phenoxy) is 1. The van der Waals surface area contributed by atoms with Crippen LogP contribution in [-0.2, 0) is 0 Å². The van der Waals surface area contributed by atoms with Crippen molar-refractivity contribution < 1.29 is 4.74 Å². The molecule has 57 heavy (non-hydrogen) atoms. The third-order valence-electron chi connectivity index (χ3n) is 10.6. The topological polar surface area (TPSA) is 56.1 Å². The van der Waals surface area contributed by atoms with E-state index in [1.54, 1.807) is 0 Å². The fourth-order valence-corrected chi connectivity index (χ4v) is 7.94. The van der Waals surface area contributed by atoms with E-state index in [2.05, 4.69) is 131 Å². The number of hydrogen-bond acceptors (Lipinski definition) is 5. The van der Waals surface area contributed by atoms with Gasteiger partial charge < -0.3 is 14.2 Å². The lowest BCUT2D eigenvalue weighted by Crippen LogP contribution is -2.15. The van der Waals surface area contributed by atoms with Gasteiger partial charge in [-0.25, -0.2) is 15.0 Å². The van der Waals surface area contributed by atoms with Gasteiger partial charge >= 0.3 is 0 Å². The summed E-state index contributed by atoms with van der Waals surface area (Å²) in [5, 5.41) is 2.34. The summed E-state index contributed by atoms with van der Waals surface area (Å²) in [5.41, 5.74) is 11.4. The van der Waals surface area contributed by atoms with E-state index in [9.17, 15) is 0 Å². The van der Waals surface area contributed by atoms with Crippen LogP contribution in [-0.4, -0.2) is 19.5 Å². The van der Waals surface area contributed by atoms with E-state index in [-0.39, 0.29) is 0 Å². The number of anilines is 3. The molecule has 0 radical (unpaired) electrons. The lowest BCUT2D eigenvalue weighted by molar-refractivity contribution is 0.477. The molecule has 268 valence electrons. The zero-order valence-electron chi connectivity index (χ0n) is 30.7. The third-order valence-corrected chi connectivity index (χ3v) is 10.6. The van der Waals surface area contributed by atoms with Gasteiger partial charge in [0.1, 0.15) is 0 Å². The summed E-state index contributed by atoms with van der Waals surface area (Å²) in [6.45, 7) is 0. The Morgan fingerprint density at radius 1 is 0.333 bits per heavy atom. The molecule has 0 atom stereocenters. The Labute approximate surface area is 329 Å². The molecule has 6 nitrogen and oxygen atoms in total. The Bertz CT molecular complexity index is 3050. The summed E-state index contributed by atoms with van der Waals surface area (Å²) < 4.78 is 8.90. The quantitative estimate of drug-likeness (QED) is 0.170. The summed E-state index contributed by atoms with van der Waals surface area (Å²) >= 11 is 0. The first-order valence-electron chi connectivity index (χ1n) is 19.0. The van der Waals surface area contributed by atoms with E-state index < -0.39 is 0 Å². The van der Waals surface area contributed by atoms with Crippen LogP contribution in [0.3, 0.4) is 0 Å². The first kappa shape index (κ1) is 32.6. The Morgan fingerprint density at radius 2 is 0.877 bits per heavy atom. The molecule has 0 aliphatic carbocycles. The second-order valence-electron chi connectivity index (χ2n) is 14.1. The summed E-state index contributed by atoms with van der Waals surface area (Å²) in [6.07, 6.45) is 0. The van der Waals surface area contributed by atoms with Crippen LogP contribution in [0.5, 0.6) is 11.5 Å². The normalized spacial score (nSPS) is 12.0. The number of nitrogens with zero attached hydrogens (tertiary/aromatic N) is 5. The van der Waals surface area contributed by atoms with E-state index in [4.69, 9.17) is 19.7 Å². The third kappa shape index (κ3) is 5.70. The number of aromatic nitrogens is 4. The first-order chi connectivity index (χ1) is 28.2. The van der Waals surface area contributed by atoms with Gasteiger partial charge in [-0.05, 0) is 77.9 Å². The largest absolute Gasteiger partial charge is 0.453 e. The molecule has 10 aromatic rings. The molecule has 3 heterocycles. The summed E-state index contributed by atoms with van der Waals surface area (Å²) in [6, 6.07) is 69.2. The van der Waals surface area contributed by atoms with Crippen molar-refractivity contribution in [2.45, 2.75) is 0 Å². The van der Waals surface area contributed by atoms with Crippen LogP contribution in [0.15, 0.2) is 200 Å². The van der Waals surface area contributed by atoms with Crippen LogP contribution in [0, 0.1) is 0 Å². The van der Waals surface area contributed by atoms with Crippen LogP contribution < -0.4 is 9.64 Å². The number of rotatable bonds is 6. The molecule has 0 bridgehead atoms. The minimum atomic E-state index is 0.621. The van der Waals surface area contributed by atoms with Crippen molar-refractivity contribution in [1.29, 1.82) is 0 Å². The highest BCUT2D eigenvalue weighted by Crippen LogP contribution is 2.51. The first-order valence-corrected chi connectivity index (χ1v) is 19.0. The zero-order chi connectivity index (χ0) is 37.7. The molecular formula is C51H33N5O. The number of hydrogen-bond donors (Lipinski definition) is 0. The van der Waals surface area contributed by atoms with Crippen LogP contribution in [0.2, 0.25) is 0 Å². The maximum Gasteiger partial charge on any atom is 0.164 e. The molecule has 0 spiro atoms. The minimum absolute atomic E-state index is 0.621. The molecule has 2 aromatic heterocycles. The molecular weight excluding hydrogens is 699 g/mol. The van der Waals surface area contributed by atoms with Crippen molar-refractivity contribution in [3.05, 3.63) is 200 Å². The number of fused-ring (bicyclic) bond motifs is 5. The number of para-hydroxylation sites is 4. The molecule has 0 N–H and O–H groups in total. The smallest absolute Gasteiger partial charge is 0.164 e. The van der Waals surface area contributed by atoms with Gasteiger partial charge in [-0.2, -0.15) is 0 Å². The zero-order valence-corrected chi connectivity index (χ0v) is 30.7. The molecule has 0 amide bonds. The molecule has 0 saturated heterocycles. The highest BCUT2D eigenvalue weighted by Gasteiger charge is 2.26. The second-order valence-corrected chi connectivity index (χ2v) is 14.1. The summed E-state index contributed by atoms with van der Waals surface area (Å²) in [4.78, 5) is 17.2. The Kier molecular flexibility index (Phi) is 7.71. The van der Waals surface area contributed by atoms with Crippen molar-refractivity contribution >= 4 is 38.9 Å². The van der Waals surface area contributed by atoms with Gasteiger partial charge in [0.25, 0.3) is 0 Å². The lowest BCUT2D eigenvalue weighted by atomic mass is 10.0. The van der Waals surface area contributed by atoms with Gasteiger partial charge in [0.2, 0.25) is 0 Å². The van der Waals surface area contributed by atoms with Gasteiger partial charge in [0, 0.05) is 38.8 Å². The van der Waals surface area contributed by atoms with Crippen LogP contribution in [0.1, 0.15) is 0 Å². The Hall–Kier alpha value is -7.83. The van der Waals surface area contributed by atoms with Crippen LogP contribution in [0.25, 0.3) is 72.8 Å². The van der Waals surface area contributed by atoms with Gasteiger partial charge in [-0.3, -0.25) is 0 Å². The van der Waals surface area contributed by atoms with Crippen molar-refractivity contribution in [2.24, 2.45) is 0 Å². The summed E-state index contributed by atoms with van der Waals surface area (Å²) in [5.74, 6) is 3.54. The van der Waals surface area contributed by atoms with E-state index in [1.807, 2.05) is 78.9 Å². The van der Waals surface area contributed by atoms with Crippen LogP contribution >= 0.6 is 0 Å². The standard InChI is InChI=1S/C51H33N5O/c1-4-15-34(16-5-1)49-52-50(35-17-6-2-7-18-35)54-51(53-49)38-19-14-22-40(31-38)56-43-24-11-10-23-41(43)42-32-36(27-29-44(42)56)37-28-30-46-48(33-37)57-47-26-13-12-25-45(47)55(46)39-20-8-3-9-21-39/h1-33H. The lowest BCUT2D eigenvalue weighted by Gasteiger charge is -2.33. The van der Waals surface area contributed by atoms with Gasteiger partial charge in [-0.15, -0.1) is 0 Å². The van der Waals surface area contributed by atoms with Gasteiger partial charge in [0.05, 0.1) is 22.4 Å². The minimum Gasteiger partial charge on any atom is -0.453 e. The van der Waals surface area contributed by atoms with Crippen molar-refractivity contribution in [2.75, 3.05) is 4.90 Å². The van der Waals surface area contributed by atoms with Gasteiger partial charge in [0.15, 0.2) is 29.0 Å². The van der Waals surface area contributed by atoms with E-state index >= 15 is 0 Å². The maximum atomic E-state index is 6.56. The number of benzene rings is 8. The van der Waals surface area contributed by atoms with Crippen LogP contribution in [0.4, 0.5) is 17.1 Å². The Balaban J connectivity index is 1.02. The van der Waals surface area contributed by atoms with E-state index in [0.29, 0.717) is 17.5 Å². The molecule has 8 aromatic carbocycles. The maximum absolute atomic E-state index is 6.56. The van der Waals surface area contributed by atoms with Crippen molar-refractivity contribution in [1.82, 2.24) is 19.5 Å². The highest BCUT2D eigenvalue weighted by molar-refractivity contribution is 6.10. The van der Waals surface area contributed by atoms with E-state index in [0.717, 1.165) is 73.1 Å². The summed E-state index contributed by atoms with van der Waals surface area (Å²) in [7, 11) is 0. The Morgan fingerprint density at radius 3 is 1.63 bits per heavy atom. The average molecular weight is 732 g/mol. The molecule has 0 saturated carbocycles. The second kappa shape index (κ2) is 13.5. The predicted molar refractivity (Wildman–Crippen MR) is 231 cm³/mol. The average Bonchev–Trinajstić information content (AvgIpc) is 3.62. The predicted octanol–water partition coefficient (Wildman–Crippen LogP) is 13.2. The van der Waals surface area contributed by atoms with Gasteiger partial charge in [-0.1, -0.05) is 133 Å². The fraction of sp³-hybridized carbons (Fsp3) is 0. The SMILES string of the molecule is c1ccc(-c2nc(-c3ccccc3)nc(-c3cccc(-n4c5ccccc5c5cc(-c6ccc7c(c6)Oc6ccccc6N7c6ccccc6)ccc54)c3)n2)cc1. The van der Waals surface area contributed by atoms with Crippen molar-refractivity contribution in [3.63, 3.8) is 0 Å². The van der Waals surface area contributed by atoms with E-state index in [1.165, 1.54) is 10.8 Å². The molecule has 6 heteroatoms. The monoisotopic (exact) mass is 731 g/mol. The molecule has 0 unspecified atom stereocenters. The molecule has 1 aliphatic heterocycles. The molecule has 11 rings (SSSR count). The van der Waals surface area contributed by atoms with Crippen molar-refractivity contribution in [3.8, 4) is 62.5 Å². The molecule has 1 aliphatic rings. The highest BCUT2D eigenvalue weighted by atomic mass is 16.5. The molecule has 0 fully saturated rings.